The molecule has 1 unspecified atom stereocenters. The number of benzene rings is 1. The van der Waals surface area contributed by atoms with Crippen LogP contribution in [0.25, 0.3) is 0 Å². The van der Waals surface area contributed by atoms with Crippen LogP contribution >= 0.6 is 0 Å². The molecule has 3 heteroatoms. The number of aliphatic hydroxyl groups is 1. The number of pyridine rings is 1. The fourth-order valence-corrected chi connectivity index (χ4v) is 2.06. The van der Waals surface area contributed by atoms with Crippen molar-refractivity contribution in [2.45, 2.75) is 25.4 Å². The Balaban J connectivity index is 2.39. The average molecular weight is 242 g/mol. The summed E-state index contributed by atoms with van der Waals surface area (Å²) < 4.78 is 0. The summed E-state index contributed by atoms with van der Waals surface area (Å²) >= 11 is 0. The summed E-state index contributed by atoms with van der Waals surface area (Å²) in [6, 6.07) is 11.6. The van der Waals surface area contributed by atoms with E-state index >= 15 is 0 Å². The van der Waals surface area contributed by atoms with E-state index in [0.29, 0.717) is 11.3 Å². The van der Waals surface area contributed by atoms with Gasteiger partial charge in [0.15, 0.2) is 0 Å². The maximum atomic E-state index is 10.6. The number of aliphatic hydroxyl groups excluding tert-OH is 1. The number of hydrogen-bond donors (Lipinski definition) is 2. The number of nitrogens with two attached hydrogens (primary N) is 1. The lowest BCUT2D eigenvalue weighted by atomic mass is 9.77. The Bertz CT molecular complexity index is 523. The van der Waals surface area contributed by atoms with E-state index in [2.05, 4.69) is 4.98 Å². The minimum Gasteiger partial charge on any atom is -0.398 e. The van der Waals surface area contributed by atoms with Gasteiger partial charge in [0, 0.05) is 29.1 Å². The molecule has 0 aliphatic heterocycles. The van der Waals surface area contributed by atoms with Crippen molar-refractivity contribution in [3.8, 4) is 0 Å². The number of nitrogens with zero attached hydrogens (tertiary/aromatic N) is 1. The van der Waals surface area contributed by atoms with Crippen molar-refractivity contribution in [1.82, 2.24) is 4.98 Å². The van der Waals surface area contributed by atoms with Crippen molar-refractivity contribution < 1.29 is 5.11 Å². The lowest BCUT2D eigenvalue weighted by Crippen LogP contribution is -2.27. The second kappa shape index (κ2) is 4.78. The molecule has 0 aliphatic carbocycles. The molecule has 1 aromatic heterocycles. The molecule has 2 rings (SSSR count). The van der Waals surface area contributed by atoms with Gasteiger partial charge in [-0.3, -0.25) is 4.98 Å². The molecule has 0 saturated heterocycles. The molecule has 0 spiro atoms. The van der Waals surface area contributed by atoms with Crippen LogP contribution in [0.1, 0.15) is 31.1 Å². The summed E-state index contributed by atoms with van der Waals surface area (Å²) in [7, 11) is 0. The molecule has 2 aromatic rings. The van der Waals surface area contributed by atoms with Gasteiger partial charge in [0.05, 0.1) is 6.10 Å². The first-order valence-electron chi connectivity index (χ1n) is 5.96. The standard InChI is InChI=1S/C15H18N2O/c1-15(2,11-6-4-3-5-7-11)14(18)12-10-17-9-8-13(12)16/h3-10,14,18H,1-2H3,(H2,16,17). The van der Waals surface area contributed by atoms with E-state index in [4.69, 9.17) is 5.73 Å². The SMILES string of the molecule is CC(C)(c1ccccc1)C(O)c1cnccc1N. The summed E-state index contributed by atoms with van der Waals surface area (Å²) in [6.45, 7) is 4.00. The maximum absolute atomic E-state index is 10.6. The van der Waals surface area contributed by atoms with E-state index in [1.54, 1.807) is 18.5 Å². The Kier molecular flexibility index (Phi) is 3.34. The molecule has 0 radical (unpaired) electrons. The van der Waals surface area contributed by atoms with Crippen LogP contribution < -0.4 is 5.73 Å². The second-order valence-corrected chi connectivity index (χ2v) is 4.99. The van der Waals surface area contributed by atoms with Crippen molar-refractivity contribution >= 4 is 5.69 Å². The fraction of sp³-hybridized carbons (Fsp3) is 0.267. The van der Waals surface area contributed by atoms with E-state index in [0.717, 1.165) is 5.56 Å². The lowest BCUT2D eigenvalue weighted by Gasteiger charge is -2.31. The first-order valence-corrected chi connectivity index (χ1v) is 5.96. The zero-order valence-corrected chi connectivity index (χ0v) is 10.7. The van der Waals surface area contributed by atoms with E-state index in [-0.39, 0.29) is 0 Å². The average Bonchev–Trinajstić information content (AvgIpc) is 2.39. The molecule has 0 aliphatic rings. The zero-order valence-electron chi connectivity index (χ0n) is 10.7. The van der Waals surface area contributed by atoms with Gasteiger partial charge in [0.25, 0.3) is 0 Å². The summed E-state index contributed by atoms with van der Waals surface area (Å²) in [5.74, 6) is 0. The maximum Gasteiger partial charge on any atom is 0.0916 e. The van der Waals surface area contributed by atoms with Crippen LogP contribution in [0, 0.1) is 0 Å². The van der Waals surface area contributed by atoms with Crippen molar-refractivity contribution in [3.63, 3.8) is 0 Å². The number of hydrogen-bond acceptors (Lipinski definition) is 3. The van der Waals surface area contributed by atoms with Gasteiger partial charge in [0.2, 0.25) is 0 Å². The molecular weight excluding hydrogens is 224 g/mol. The van der Waals surface area contributed by atoms with Crippen LogP contribution in [0.3, 0.4) is 0 Å². The third-order valence-corrected chi connectivity index (χ3v) is 3.38. The number of nitrogen functional groups attached to an aromatic ring is 1. The Labute approximate surface area is 107 Å². The predicted molar refractivity (Wildman–Crippen MR) is 73.1 cm³/mol. The third-order valence-electron chi connectivity index (χ3n) is 3.38. The van der Waals surface area contributed by atoms with Crippen molar-refractivity contribution in [2.75, 3.05) is 5.73 Å². The van der Waals surface area contributed by atoms with E-state index in [1.165, 1.54) is 0 Å². The molecular formula is C15H18N2O. The quantitative estimate of drug-likeness (QED) is 0.870. The summed E-state index contributed by atoms with van der Waals surface area (Å²) in [6.07, 6.45) is 2.57. The van der Waals surface area contributed by atoms with Gasteiger partial charge in [-0.25, -0.2) is 0 Å². The molecule has 1 aromatic carbocycles. The smallest absolute Gasteiger partial charge is 0.0916 e. The molecule has 3 nitrogen and oxygen atoms in total. The summed E-state index contributed by atoms with van der Waals surface area (Å²) in [4.78, 5) is 4.03. The normalized spacial score (nSPS) is 13.3. The Morgan fingerprint density at radius 2 is 1.83 bits per heavy atom. The van der Waals surface area contributed by atoms with Gasteiger partial charge in [-0.1, -0.05) is 44.2 Å². The molecule has 0 saturated carbocycles. The van der Waals surface area contributed by atoms with Crippen LogP contribution in [-0.2, 0) is 5.41 Å². The Morgan fingerprint density at radius 1 is 1.17 bits per heavy atom. The molecule has 1 atom stereocenters. The first-order chi connectivity index (χ1) is 8.53. The molecule has 3 N–H and O–H groups in total. The van der Waals surface area contributed by atoms with Gasteiger partial charge in [-0.05, 0) is 11.6 Å². The molecule has 0 bridgehead atoms. The Hall–Kier alpha value is -1.87. The largest absolute Gasteiger partial charge is 0.398 e. The van der Waals surface area contributed by atoms with Crippen molar-refractivity contribution in [3.05, 3.63) is 59.9 Å². The van der Waals surface area contributed by atoms with Gasteiger partial charge in [0.1, 0.15) is 0 Å². The first kappa shape index (κ1) is 12.6. The second-order valence-electron chi connectivity index (χ2n) is 4.99. The highest BCUT2D eigenvalue weighted by Gasteiger charge is 2.32. The van der Waals surface area contributed by atoms with Crippen LogP contribution in [-0.4, -0.2) is 10.1 Å². The third kappa shape index (κ3) is 2.22. The highest BCUT2D eigenvalue weighted by molar-refractivity contribution is 5.47. The molecule has 18 heavy (non-hydrogen) atoms. The molecule has 94 valence electrons. The number of rotatable bonds is 3. The topological polar surface area (TPSA) is 59.1 Å². The van der Waals surface area contributed by atoms with E-state index in [1.807, 2.05) is 44.2 Å². The minimum absolute atomic E-state index is 0.418. The van der Waals surface area contributed by atoms with Gasteiger partial charge < -0.3 is 10.8 Å². The summed E-state index contributed by atoms with van der Waals surface area (Å²) in [5.41, 5.74) is 7.79. The van der Waals surface area contributed by atoms with Crippen molar-refractivity contribution in [2.24, 2.45) is 0 Å². The van der Waals surface area contributed by atoms with E-state index in [9.17, 15) is 5.11 Å². The lowest BCUT2D eigenvalue weighted by molar-refractivity contribution is 0.101. The Morgan fingerprint density at radius 3 is 2.44 bits per heavy atom. The monoisotopic (exact) mass is 242 g/mol. The van der Waals surface area contributed by atoms with E-state index < -0.39 is 11.5 Å². The molecule has 1 heterocycles. The highest BCUT2D eigenvalue weighted by atomic mass is 16.3. The van der Waals surface area contributed by atoms with Crippen LogP contribution in [0.5, 0.6) is 0 Å². The van der Waals surface area contributed by atoms with Gasteiger partial charge in [-0.15, -0.1) is 0 Å². The molecule has 0 fully saturated rings. The molecule has 0 amide bonds. The summed E-state index contributed by atoms with van der Waals surface area (Å²) in [5, 5.41) is 10.6. The number of anilines is 1. The minimum atomic E-state index is -0.686. The predicted octanol–water partition coefficient (Wildman–Crippen LogP) is 2.67. The van der Waals surface area contributed by atoms with Gasteiger partial charge >= 0.3 is 0 Å². The van der Waals surface area contributed by atoms with Crippen LogP contribution in [0.4, 0.5) is 5.69 Å². The van der Waals surface area contributed by atoms with Crippen molar-refractivity contribution in [1.29, 1.82) is 0 Å². The number of aromatic nitrogens is 1. The van der Waals surface area contributed by atoms with Crippen LogP contribution in [0.2, 0.25) is 0 Å². The highest BCUT2D eigenvalue weighted by Crippen LogP contribution is 2.38. The zero-order chi connectivity index (χ0) is 13.2. The fourth-order valence-electron chi connectivity index (χ4n) is 2.06. The van der Waals surface area contributed by atoms with Crippen LogP contribution in [0.15, 0.2) is 48.8 Å². The van der Waals surface area contributed by atoms with Gasteiger partial charge in [-0.2, -0.15) is 0 Å².